The number of hydrogen-bond acceptors (Lipinski definition) is 2. The summed E-state index contributed by atoms with van der Waals surface area (Å²) < 4.78 is 13.9. The van der Waals surface area contributed by atoms with Crippen molar-refractivity contribution in [1.82, 2.24) is 10.2 Å². The Morgan fingerprint density at radius 3 is 2.69 bits per heavy atom. The van der Waals surface area contributed by atoms with Gasteiger partial charge >= 0.3 is 0 Å². The van der Waals surface area contributed by atoms with Gasteiger partial charge in [0.15, 0.2) is 0 Å². The number of hydrogen-bond donors (Lipinski definition) is 1. The number of benzene rings is 1. The van der Waals surface area contributed by atoms with Crippen LogP contribution in [0.25, 0.3) is 0 Å². The van der Waals surface area contributed by atoms with E-state index >= 15 is 0 Å². The van der Waals surface area contributed by atoms with E-state index in [0.29, 0.717) is 6.04 Å². The van der Waals surface area contributed by atoms with Crippen molar-refractivity contribution in [3.63, 3.8) is 0 Å². The van der Waals surface area contributed by atoms with Crippen molar-refractivity contribution in [3.05, 3.63) is 34.1 Å². The monoisotopic (exact) mass is 286 g/mol. The summed E-state index contributed by atoms with van der Waals surface area (Å²) >= 11 is 3.43. The molecule has 1 fully saturated rings. The largest absolute Gasteiger partial charge is 0.314 e. The van der Waals surface area contributed by atoms with Gasteiger partial charge in [-0.2, -0.15) is 0 Å². The molecule has 1 N–H and O–H groups in total. The highest BCUT2D eigenvalue weighted by molar-refractivity contribution is 9.10. The Balaban J connectivity index is 2.15. The minimum absolute atomic E-state index is 0.192. The van der Waals surface area contributed by atoms with Gasteiger partial charge in [0.25, 0.3) is 0 Å². The molecule has 2 nitrogen and oxygen atoms in total. The zero-order chi connectivity index (χ0) is 11.5. The second-order valence-electron chi connectivity index (χ2n) is 4.13. The lowest BCUT2D eigenvalue weighted by atomic mass is 10.1. The number of rotatable bonds is 2. The van der Waals surface area contributed by atoms with Crippen LogP contribution in [0.1, 0.15) is 18.5 Å². The summed E-state index contributed by atoms with van der Waals surface area (Å²) in [4.78, 5) is 2.41. The first-order valence-corrected chi connectivity index (χ1v) is 6.37. The molecule has 0 saturated carbocycles. The van der Waals surface area contributed by atoms with Gasteiger partial charge in [0, 0.05) is 36.7 Å². The minimum atomic E-state index is -0.192. The van der Waals surface area contributed by atoms with Gasteiger partial charge in [-0.1, -0.05) is 22.0 Å². The Morgan fingerprint density at radius 1 is 1.38 bits per heavy atom. The average molecular weight is 287 g/mol. The lowest BCUT2D eigenvalue weighted by Crippen LogP contribution is -2.44. The lowest BCUT2D eigenvalue weighted by Gasteiger charge is -2.33. The number of piperazine rings is 1. The highest BCUT2D eigenvalue weighted by Crippen LogP contribution is 2.28. The first-order valence-electron chi connectivity index (χ1n) is 5.58. The first kappa shape index (κ1) is 12.0. The summed E-state index contributed by atoms with van der Waals surface area (Å²) in [7, 11) is 0. The maximum absolute atomic E-state index is 13.0. The van der Waals surface area contributed by atoms with Crippen molar-refractivity contribution in [2.24, 2.45) is 0 Å². The molecule has 0 bridgehead atoms. The molecule has 0 spiro atoms. The van der Waals surface area contributed by atoms with E-state index in [4.69, 9.17) is 0 Å². The van der Waals surface area contributed by atoms with E-state index in [-0.39, 0.29) is 5.82 Å². The highest BCUT2D eigenvalue weighted by Gasteiger charge is 2.19. The first-order chi connectivity index (χ1) is 7.68. The van der Waals surface area contributed by atoms with Gasteiger partial charge in [-0.3, -0.25) is 4.90 Å². The summed E-state index contributed by atoms with van der Waals surface area (Å²) in [5.74, 6) is -0.192. The molecule has 88 valence electrons. The zero-order valence-electron chi connectivity index (χ0n) is 9.34. The van der Waals surface area contributed by atoms with Crippen molar-refractivity contribution in [2.75, 3.05) is 26.2 Å². The Bertz CT molecular complexity index is 364. The van der Waals surface area contributed by atoms with Crippen LogP contribution in [0, 0.1) is 5.82 Å². The summed E-state index contributed by atoms with van der Waals surface area (Å²) in [6, 6.07) is 5.26. The smallest absolute Gasteiger partial charge is 0.124 e. The minimum Gasteiger partial charge on any atom is -0.314 e. The van der Waals surface area contributed by atoms with Crippen LogP contribution in [0.4, 0.5) is 4.39 Å². The number of nitrogens with one attached hydrogen (secondary N) is 1. The third kappa shape index (κ3) is 2.62. The van der Waals surface area contributed by atoms with Crippen molar-refractivity contribution in [2.45, 2.75) is 13.0 Å². The Labute approximate surface area is 104 Å². The molecule has 2 rings (SSSR count). The molecule has 1 aliphatic heterocycles. The third-order valence-electron chi connectivity index (χ3n) is 3.11. The molecule has 1 aliphatic rings. The summed E-state index contributed by atoms with van der Waals surface area (Å²) in [6.07, 6.45) is 0. The van der Waals surface area contributed by atoms with Crippen LogP contribution in [0.5, 0.6) is 0 Å². The lowest BCUT2D eigenvalue weighted by molar-refractivity contribution is 0.185. The third-order valence-corrected chi connectivity index (χ3v) is 3.80. The van der Waals surface area contributed by atoms with Crippen molar-refractivity contribution in [3.8, 4) is 0 Å². The number of nitrogens with zero attached hydrogens (tertiary/aromatic N) is 1. The molecule has 0 unspecified atom stereocenters. The van der Waals surface area contributed by atoms with Crippen LogP contribution in [-0.2, 0) is 0 Å². The molecule has 1 aromatic carbocycles. The van der Waals surface area contributed by atoms with Gasteiger partial charge in [-0.15, -0.1) is 0 Å². The van der Waals surface area contributed by atoms with Gasteiger partial charge < -0.3 is 5.32 Å². The molecule has 0 aliphatic carbocycles. The predicted molar refractivity (Wildman–Crippen MR) is 67.0 cm³/mol. The molecule has 16 heavy (non-hydrogen) atoms. The van der Waals surface area contributed by atoms with Crippen molar-refractivity contribution >= 4 is 15.9 Å². The van der Waals surface area contributed by atoms with E-state index in [9.17, 15) is 4.39 Å². The molecule has 1 saturated heterocycles. The molecular weight excluding hydrogens is 271 g/mol. The quantitative estimate of drug-likeness (QED) is 0.899. The summed E-state index contributed by atoms with van der Waals surface area (Å²) in [5, 5.41) is 3.33. The topological polar surface area (TPSA) is 15.3 Å². The Hall–Kier alpha value is -0.450. The fraction of sp³-hybridized carbons (Fsp3) is 0.500. The second kappa shape index (κ2) is 5.25. The zero-order valence-corrected chi connectivity index (χ0v) is 10.9. The van der Waals surface area contributed by atoms with E-state index in [1.807, 2.05) is 6.07 Å². The van der Waals surface area contributed by atoms with E-state index < -0.39 is 0 Å². The Morgan fingerprint density at radius 2 is 2.06 bits per heavy atom. The normalized spacial score (nSPS) is 19.7. The Kier molecular flexibility index (Phi) is 3.95. The van der Waals surface area contributed by atoms with Crippen LogP contribution in [0.3, 0.4) is 0 Å². The van der Waals surface area contributed by atoms with Gasteiger partial charge in [-0.05, 0) is 24.6 Å². The van der Waals surface area contributed by atoms with Gasteiger partial charge in [-0.25, -0.2) is 4.39 Å². The van der Waals surface area contributed by atoms with Crippen LogP contribution in [0.15, 0.2) is 22.7 Å². The van der Waals surface area contributed by atoms with Crippen LogP contribution < -0.4 is 5.32 Å². The fourth-order valence-electron chi connectivity index (χ4n) is 2.11. The van der Waals surface area contributed by atoms with Crippen molar-refractivity contribution < 1.29 is 4.39 Å². The predicted octanol–water partition coefficient (Wildman–Crippen LogP) is 2.55. The second-order valence-corrected chi connectivity index (χ2v) is 4.98. The average Bonchev–Trinajstić information content (AvgIpc) is 2.29. The summed E-state index contributed by atoms with van der Waals surface area (Å²) in [6.45, 7) is 6.32. The summed E-state index contributed by atoms with van der Waals surface area (Å²) in [5.41, 5.74) is 1.16. The van der Waals surface area contributed by atoms with Crippen LogP contribution in [0.2, 0.25) is 0 Å². The van der Waals surface area contributed by atoms with Gasteiger partial charge in [0.2, 0.25) is 0 Å². The molecule has 0 amide bonds. The van der Waals surface area contributed by atoms with E-state index in [1.165, 1.54) is 12.1 Å². The maximum atomic E-state index is 13.0. The molecular formula is C12H16BrFN2. The van der Waals surface area contributed by atoms with Gasteiger partial charge in [0.05, 0.1) is 0 Å². The van der Waals surface area contributed by atoms with E-state index in [0.717, 1.165) is 36.2 Å². The van der Waals surface area contributed by atoms with E-state index in [1.54, 1.807) is 0 Å². The molecule has 1 atom stereocenters. The van der Waals surface area contributed by atoms with Crippen molar-refractivity contribution in [1.29, 1.82) is 0 Å². The highest BCUT2D eigenvalue weighted by atomic mass is 79.9. The van der Waals surface area contributed by atoms with Crippen LogP contribution >= 0.6 is 15.9 Å². The number of halogens is 2. The van der Waals surface area contributed by atoms with Crippen LogP contribution in [-0.4, -0.2) is 31.1 Å². The molecule has 1 heterocycles. The molecule has 0 aromatic heterocycles. The molecule has 4 heteroatoms. The molecule has 1 aromatic rings. The molecule has 0 radical (unpaired) electrons. The standard InChI is InChI=1S/C12H16BrFN2/c1-9(16-6-4-15-5-7-16)11-3-2-10(14)8-12(11)13/h2-3,8-9,15H,4-7H2,1H3/t9-/m0/s1. The maximum Gasteiger partial charge on any atom is 0.124 e. The van der Waals surface area contributed by atoms with E-state index in [2.05, 4.69) is 33.1 Å². The van der Waals surface area contributed by atoms with Gasteiger partial charge in [0.1, 0.15) is 5.82 Å². The fourth-order valence-corrected chi connectivity index (χ4v) is 2.79. The SMILES string of the molecule is C[C@@H](c1ccc(F)cc1Br)N1CCNCC1.